The first-order valence-corrected chi connectivity index (χ1v) is 15.9. The number of nitrogens with zero attached hydrogens (tertiary/aromatic N) is 2. The molecule has 1 saturated heterocycles. The van der Waals surface area contributed by atoms with Gasteiger partial charge in [0.15, 0.2) is 5.01 Å². The van der Waals surface area contributed by atoms with E-state index in [9.17, 15) is 14.4 Å². The van der Waals surface area contributed by atoms with E-state index in [1.807, 2.05) is 29.3 Å². The molecule has 0 bridgehead atoms. The maximum Gasteiger partial charge on any atom is 0.280 e. The SMILES string of the molecule is Cc1cnc(C(=O)N[C@@H]2CCN(C(=O)[C@@H](CCCCN)NC3CCCCC3)C[C@@H]2C(=O)NCc2cccs2)s1. The zero-order valence-corrected chi connectivity index (χ0v) is 24.5. The Morgan fingerprint density at radius 2 is 2.00 bits per heavy atom. The molecule has 4 rings (SSSR count). The summed E-state index contributed by atoms with van der Waals surface area (Å²) in [6.45, 7) is 3.72. The van der Waals surface area contributed by atoms with Crippen molar-refractivity contribution in [2.24, 2.45) is 11.7 Å². The molecule has 0 radical (unpaired) electrons. The van der Waals surface area contributed by atoms with Crippen LogP contribution in [-0.4, -0.2) is 65.4 Å². The van der Waals surface area contributed by atoms with Crippen LogP contribution in [0.2, 0.25) is 0 Å². The molecule has 9 nitrogen and oxygen atoms in total. The van der Waals surface area contributed by atoms with Gasteiger partial charge < -0.3 is 26.6 Å². The maximum absolute atomic E-state index is 13.8. The quantitative estimate of drug-likeness (QED) is 0.288. The molecule has 214 valence electrons. The van der Waals surface area contributed by atoms with E-state index in [0.29, 0.717) is 37.1 Å². The number of likely N-dealkylation sites (tertiary alicyclic amines) is 1. The Balaban J connectivity index is 1.45. The first kappa shape index (κ1) is 29.6. The van der Waals surface area contributed by atoms with E-state index in [4.69, 9.17) is 5.73 Å². The monoisotopic (exact) mass is 574 g/mol. The molecular formula is C28H42N6O3S2. The summed E-state index contributed by atoms with van der Waals surface area (Å²) in [6, 6.07) is 3.63. The minimum absolute atomic E-state index is 0.0500. The van der Waals surface area contributed by atoms with Gasteiger partial charge in [-0.25, -0.2) is 4.98 Å². The highest BCUT2D eigenvalue weighted by Gasteiger charge is 2.39. The van der Waals surface area contributed by atoms with Crippen molar-refractivity contribution in [2.45, 2.75) is 89.4 Å². The van der Waals surface area contributed by atoms with Gasteiger partial charge in [0.1, 0.15) is 0 Å². The van der Waals surface area contributed by atoms with E-state index in [2.05, 4.69) is 20.9 Å². The predicted molar refractivity (Wildman–Crippen MR) is 156 cm³/mol. The van der Waals surface area contributed by atoms with Crippen molar-refractivity contribution in [3.8, 4) is 0 Å². The average molecular weight is 575 g/mol. The number of hydrogen-bond donors (Lipinski definition) is 4. The van der Waals surface area contributed by atoms with Gasteiger partial charge >= 0.3 is 0 Å². The summed E-state index contributed by atoms with van der Waals surface area (Å²) in [5.41, 5.74) is 5.73. The molecule has 2 fully saturated rings. The summed E-state index contributed by atoms with van der Waals surface area (Å²) in [4.78, 5) is 48.3. The Kier molecular flexibility index (Phi) is 11.3. The third kappa shape index (κ3) is 8.57. The highest BCUT2D eigenvalue weighted by molar-refractivity contribution is 7.13. The Bertz CT molecular complexity index is 1070. The van der Waals surface area contributed by atoms with Crippen LogP contribution in [0.15, 0.2) is 23.7 Å². The van der Waals surface area contributed by atoms with Crippen molar-refractivity contribution in [2.75, 3.05) is 19.6 Å². The summed E-state index contributed by atoms with van der Waals surface area (Å²) in [5.74, 6) is -0.921. The molecule has 3 amide bonds. The number of rotatable bonds is 12. The zero-order valence-electron chi connectivity index (χ0n) is 22.8. The molecule has 3 heterocycles. The van der Waals surface area contributed by atoms with Crippen LogP contribution < -0.4 is 21.7 Å². The lowest BCUT2D eigenvalue weighted by Gasteiger charge is -2.40. The molecule has 11 heteroatoms. The van der Waals surface area contributed by atoms with Gasteiger partial charge in [-0.2, -0.15) is 0 Å². The number of nitrogens with two attached hydrogens (primary N) is 1. The molecule has 2 aromatic heterocycles. The molecule has 5 N–H and O–H groups in total. The van der Waals surface area contributed by atoms with E-state index in [0.717, 1.165) is 41.9 Å². The van der Waals surface area contributed by atoms with E-state index >= 15 is 0 Å². The van der Waals surface area contributed by atoms with Crippen molar-refractivity contribution in [1.29, 1.82) is 0 Å². The van der Waals surface area contributed by atoms with Gasteiger partial charge in [-0.05, 0) is 57.0 Å². The number of thiazole rings is 1. The molecular weight excluding hydrogens is 532 g/mol. The summed E-state index contributed by atoms with van der Waals surface area (Å²) >= 11 is 2.92. The normalized spacial score (nSPS) is 20.9. The van der Waals surface area contributed by atoms with Crippen LogP contribution in [0.4, 0.5) is 0 Å². The van der Waals surface area contributed by atoms with Crippen LogP contribution in [-0.2, 0) is 16.1 Å². The van der Waals surface area contributed by atoms with Crippen molar-refractivity contribution in [3.05, 3.63) is 38.5 Å². The van der Waals surface area contributed by atoms with Gasteiger partial charge in [-0.1, -0.05) is 31.7 Å². The minimum Gasteiger partial charge on any atom is -0.351 e. The third-order valence-electron chi connectivity index (χ3n) is 7.70. The van der Waals surface area contributed by atoms with Crippen LogP contribution in [0.1, 0.15) is 77.3 Å². The number of amides is 3. The van der Waals surface area contributed by atoms with Gasteiger partial charge in [0, 0.05) is 41.1 Å². The maximum atomic E-state index is 13.8. The number of thiophene rings is 1. The lowest BCUT2D eigenvalue weighted by atomic mass is 9.89. The molecule has 1 saturated carbocycles. The van der Waals surface area contributed by atoms with E-state index in [-0.39, 0.29) is 36.3 Å². The van der Waals surface area contributed by atoms with Crippen LogP contribution in [0.25, 0.3) is 0 Å². The van der Waals surface area contributed by atoms with E-state index in [1.54, 1.807) is 17.5 Å². The van der Waals surface area contributed by atoms with Crippen LogP contribution in [0.3, 0.4) is 0 Å². The van der Waals surface area contributed by atoms with Crippen LogP contribution >= 0.6 is 22.7 Å². The van der Waals surface area contributed by atoms with Gasteiger partial charge in [-0.15, -0.1) is 22.7 Å². The molecule has 2 aromatic rings. The van der Waals surface area contributed by atoms with Gasteiger partial charge in [0.05, 0.1) is 18.5 Å². The average Bonchev–Trinajstić information content (AvgIpc) is 3.63. The number of hydrogen-bond acceptors (Lipinski definition) is 8. The number of carbonyl (C=O) groups excluding carboxylic acids is 3. The van der Waals surface area contributed by atoms with Crippen molar-refractivity contribution in [1.82, 2.24) is 25.8 Å². The largest absolute Gasteiger partial charge is 0.351 e. The Morgan fingerprint density at radius 3 is 2.69 bits per heavy atom. The van der Waals surface area contributed by atoms with E-state index < -0.39 is 5.92 Å². The summed E-state index contributed by atoms with van der Waals surface area (Å²) in [7, 11) is 0. The fourth-order valence-corrected chi connectivity index (χ4v) is 6.86. The second-order valence-electron chi connectivity index (χ2n) is 10.7. The molecule has 0 spiro atoms. The first-order chi connectivity index (χ1) is 18.9. The number of unbranched alkanes of at least 4 members (excludes halogenated alkanes) is 1. The molecule has 2 aliphatic rings. The molecule has 3 atom stereocenters. The fraction of sp³-hybridized carbons (Fsp3) is 0.643. The zero-order chi connectivity index (χ0) is 27.6. The molecule has 1 aliphatic carbocycles. The second kappa shape index (κ2) is 14.9. The summed E-state index contributed by atoms with van der Waals surface area (Å²) in [5, 5.41) is 12.1. The van der Waals surface area contributed by atoms with Gasteiger partial charge in [0.2, 0.25) is 11.8 Å². The highest BCUT2D eigenvalue weighted by atomic mass is 32.1. The lowest BCUT2D eigenvalue weighted by Crippen LogP contribution is -2.59. The van der Waals surface area contributed by atoms with Crippen molar-refractivity contribution < 1.29 is 14.4 Å². The standard InChI is InChI=1S/C28H42N6O3S2/c1-19-16-31-27(39-19)26(36)33-23-12-14-34(18-22(23)25(35)30-17-21-10-7-15-38-21)28(37)24(11-5-6-13-29)32-20-8-3-2-4-9-20/h7,10,15-16,20,22-24,32H,2-6,8-9,11-14,17-18,29H2,1H3,(H,30,35)(H,33,36)/t22-,23+,24+/m0/s1. The van der Waals surface area contributed by atoms with Crippen molar-refractivity contribution in [3.63, 3.8) is 0 Å². The van der Waals surface area contributed by atoms with Gasteiger partial charge in [-0.3, -0.25) is 14.4 Å². The molecule has 0 unspecified atom stereocenters. The van der Waals surface area contributed by atoms with E-state index in [1.165, 1.54) is 30.6 Å². The Hall–Kier alpha value is -2.34. The Morgan fingerprint density at radius 1 is 1.18 bits per heavy atom. The van der Waals surface area contributed by atoms with Gasteiger partial charge in [0.25, 0.3) is 5.91 Å². The number of nitrogens with one attached hydrogen (secondary N) is 3. The first-order valence-electron chi connectivity index (χ1n) is 14.2. The number of aromatic nitrogens is 1. The fourth-order valence-electron chi connectivity index (χ4n) is 5.54. The molecule has 0 aromatic carbocycles. The predicted octanol–water partition coefficient (Wildman–Crippen LogP) is 3.20. The smallest absolute Gasteiger partial charge is 0.280 e. The molecule has 39 heavy (non-hydrogen) atoms. The minimum atomic E-state index is -0.549. The highest BCUT2D eigenvalue weighted by Crippen LogP contribution is 2.23. The van der Waals surface area contributed by atoms with Crippen molar-refractivity contribution >= 4 is 40.4 Å². The van der Waals surface area contributed by atoms with Crippen LogP contribution in [0.5, 0.6) is 0 Å². The van der Waals surface area contributed by atoms with Crippen LogP contribution in [0, 0.1) is 12.8 Å². The second-order valence-corrected chi connectivity index (χ2v) is 12.9. The number of carbonyl (C=O) groups is 3. The summed E-state index contributed by atoms with van der Waals surface area (Å²) < 4.78 is 0. The topological polar surface area (TPSA) is 129 Å². The number of piperidine rings is 1. The third-order valence-corrected chi connectivity index (χ3v) is 9.49. The number of aryl methyl sites for hydroxylation is 1. The summed E-state index contributed by atoms with van der Waals surface area (Å²) in [6.07, 6.45) is 10.5. The molecule has 1 aliphatic heterocycles. The lowest BCUT2D eigenvalue weighted by molar-refractivity contribution is -0.138. The Labute approximate surface area is 239 Å².